The maximum atomic E-state index is 5.27. The van der Waals surface area contributed by atoms with Crippen LogP contribution >= 0.6 is 0 Å². The summed E-state index contributed by atoms with van der Waals surface area (Å²) in [6.07, 6.45) is 0. The van der Waals surface area contributed by atoms with Gasteiger partial charge >= 0.3 is 0 Å². The zero-order chi connectivity index (χ0) is 28.3. The fourth-order valence-electron chi connectivity index (χ4n) is 6.63. The summed E-state index contributed by atoms with van der Waals surface area (Å²) in [4.78, 5) is 10.4. The SMILES string of the molecule is c1ccc(-c2nc(-n3c4ccc(-c5cccc6ccccc56)cc4c4c5ccccc5ccc43)nc3ccccc23)cc1. The Morgan fingerprint density at radius 2 is 1.09 bits per heavy atom. The molecule has 0 atom stereocenters. The van der Waals surface area contributed by atoms with Crippen molar-refractivity contribution in [3.05, 3.63) is 152 Å². The standard InChI is InChI=1S/C40H25N3/c1-2-13-28(14-3-1)39-33-18-8-9-20-35(33)41-40(42-39)43-36-23-22-29(31-19-10-15-26-11-4-6-16-30(26)31)25-34(36)38-32-17-7-5-12-27(32)21-24-37(38)43/h1-25H. The van der Waals surface area contributed by atoms with Gasteiger partial charge in [0.2, 0.25) is 5.95 Å². The molecule has 43 heavy (non-hydrogen) atoms. The van der Waals surface area contributed by atoms with E-state index in [0.29, 0.717) is 5.95 Å². The van der Waals surface area contributed by atoms with Gasteiger partial charge in [0.25, 0.3) is 0 Å². The van der Waals surface area contributed by atoms with E-state index in [1.165, 1.54) is 43.4 Å². The van der Waals surface area contributed by atoms with Gasteiger partial charge < -0.3 is 0 Å². The lowest BCUT2D eigenvalue weighted by molar-refractivity contribution is 1.01. The third kappa shape index (κ3) is 3.68. The van der Waals surface area contributed by atoms with Gasteiger partial charge in [0.15, 0.2) is 0 Å². The minimum Gasteiger partial charge on any atom is -0.278 e. The molecule has 0 saturated heterocycles. The summed E-state index contributed by atoms with van der Waals surface area (Å²) in [5.41, 5.74) is 7.54. The summed E-state index contributed by atoms with van der Waals surface area (Å²) in [6, 6.07) is 53.7. The fourth-order valence-corrected chi connectivity index (χ4v) is 6.63. The third-order valence-corrected chi connectivity index (χ3v) is 8.59. The van der Waals surface area contributed by atoms with Crippen molar-refractivity contribution in [1.29, 1.82) is 0 Å². The Bertz CT molecular complexity index is 2500. The van der Waals surface area contributed by atoms with Crippen molar-refractivity contribution in [1.82, 2.24) is 14.5 Å². The number of hydrogen-bond acceptors (Lipinski definition) is 2. The van der Waals surface area contributed by atoms with Gasteiger partial charge in [0.1, 0.15) is 0 Å². The molecule has 0 unspecified atom stereocenters. The predicted octanol–water partition coefficient (Wildman–Crippen LogP) is 10.4. The zero-order valence-electron chi connectivity index (χ0n) is 23.3. The van der Waals surface area contributed by atoms with Gasteiger partial charge in [0.05, 0.1) is 22.2 Å². The lowest BCUT2D eigenvalue weighted by atomic mass is 9.96. The first-order chi connectivity index (χ1) is 21.3. The molecule has 3 nitrogen and oxygen atoms in total. The highest BCUT2D eigenvalue weighted by Crippen LogP contribution is 2.40. The number of nitrogens with zero attached hydrogens (tertiary/aromatic N) is 3. The largest absolute Gasteiger partial charge is 0.278 e. The van der Waals surface area contributed by atoms with Gasteiger partial charge in [-0.1, -0.05) is 127 Å². The first-order valence-electron chi connectivity index (χ1n) is 14.6. The topological polar surface area (TPSA) is 30.7 Å². The Balaban J connectivity index is 1.40. The molecule has 0 aliphatic rings. The van der Waals surface area contributed by atoms with E-state index in [-0.39, 0.29) is 0 Å². The van der Waals surface area contributed by atoms with Crippen LogP contribution in [0.1, 0.15) is 0 Å². The van der Waals surface area contributed by atoms with Crippen LogP contribution in [-0.2, 0) is 0 Å². The number of benzene rings is 7. The highest BCUT2D eigenvalue weighted by Gasteiger charge is 2.19. The monoisotopic (exact) mass is 547 g/mol. The Kier molecular flexibility index (Phi) is 5.20. The normalized spacial score (nSPS) is 11.7. The molecular weight excluding hydrogens is 522 g/mol. The molecule has 0 spiro atoms. The summed E-state index contributed by atoms with van der Waals surface area (Å²) in [7, 11) is 0. The maximum absolute atomic E-state index is 5.27. The van der Waals surface area contributed by atoms with Crippen LogP contribution in [0.3, 0.4) is 0 Å². The number of aromatic nitrogens is 3. The average molecular weight is 548 g/mol. The molecule has 2 heterocycles. The Morgan fingerprint density at radius 3 is 1.95 bits per heavy atom. The second-order valence-electron chi connectivity index (χ2n) is 11.0. The van der Waals surface area contributed by atoms with Crippen molar-refractivity contribution >= 4 is 54.3 Å². The van der Waals surface area contributed by atoms with E-state index >= 15 is 0 Å². The molecular formula is C40H25N3. The van der Waals surface area contributed by atoms with Crippen molar-refractivity contribution in [3.8, 4) is 28.3 Å². The summed E-state index contributed by atoms with van der Waals surface area (Å²) >= 11 is 0. The van der Waals surface area contributed by atoms with Crippen LogP contribution in [0.4, 0.5) is 0 Å². The summed E-state index contributed by atoms with van der Waals surface area (Å²) in [5, 5.41) is 8.39. The molecule has 2 aromatic heterocycles. The quantitative estimate of drug-likeness (QED) is 0.220. The Hall–Kier alpha value is -5.80. The third-order valence-electron chi connectivity index (χ3n) is 8.59. The lowest BCUT2D eigenvalue weighted by Crippen LogP contribution is -2.03. The van der Waals surface area contributed by atoms with Crippen LogP contribution in [0.25, 0.3) is 82.6 Å². The molecule has 0 fully saturated rings. The van der Waals surface area contributed by atoms with Crippen LogP contribution in [0, 0.1) is 0 Å². The highest BCUT2D eigenvalue weighted by atomic mass is 15.2. The van der Waals surface area contributed by atoms with E-state index in [9.17, 15) is 0 Å². The van der Waals surface area contributed by atoms with Gasteiger partial charge in [-0.05, 0) is 56.9 Å². The van der Waals surface area contributed by atoms with E-state index in [1.807, 2.05) is 12.1 Å². The van der Waals surface area contributed by atoms with Crippen molar-refractivity contribution in [2.75, 3.05) is 0 Å². The Labute approximate surface area is 248 Å². The van der Waals surface area contributed by atoms with Crippen LogP contribution < -0.4 is 0 Å². The number of rotatable bonds is 3. The maximum Gasteiger partial charge on any atom is 0.235 e. The van der Waals surface area contributed by atoms with E-state index < -0.39 is 0 Å². The average Bonchev–Trinajstić information content (AvgIpc) is 3.42. The number of para-hydroxylation sites is 1. The van der Waals surface area contributed by atoms with E-state index in [4.69, 9.17) is 9.97 Å². The highest BCUT2D eigenvalue weighted by molar-refractivity contribution is 6.22. The first kappa shape index (κ1) is 23.9. The second-order valence-corrected chi connectivity index (χ2v) is 11.0. The fraction of sp³-hybridized carbons (Fsp3) is 0. The molecule has 0 radical (unpaired) electrons. The van der Waals surface area contributed by atoms with Crippen molar-refractivity contribution in [2.45, 2.75) is 0 Å². The predicted molar refractivity (Wildman–Crippen MR) is 180 cm³/mol. The van der Waals surface area contributed by atoms with Crippen molar-refractivity contribution < 1.29 is 0 Å². The van der Waals surface area contributed by atoms with Gasteiger partial charge in [0, 0.05) is 21.7 Å². The molecule has 200 valence electrons. The van der Waals surface area contributed by atoms with Gasteiger partial charge in [-0.2, -0.15) is 0 Å². The molecule has 0 amide bonds. The van der Waals surface area contributed by atoms with Crippen molar-refractivity contribution in [2.24, 2.45) is 0 Å². The Morgan fingerprint density at radius 1 is 0.419 bits per heavy atom. The van der Waals surface area contributed by atoms with Gasteiger partial charge in [-0.25, -0.2) is 9.97 Å². The van der Waals surface area contributed by atoms with Gasteiger partial charge in [-0.3, -0.25) is 4.57 Å². The molecule has 3 heteroatoms. The van der Waals surface area contributed by atoms with Crippen molar-refractivity contribution in [3.63, 3.8) is 0 Å². The zero-order valence-corrected chi connectivity index (χ0v) is 23.3. The van der Waals surface area contributed by atoms with Crippen LogP contribution in [0.2, 0.25) is 0 Å². The summed E-state index contributed by atoms with van der Waals surface area (Å²) in [6.45, 7) is 0. The molecule has 7 aromatic carbocycles. The lowest BCUT2D eigenvalue weighted by Gasteiger charge is -2.12. The van der Waals surface area contributed by atoms with E-state index in [1.54, 1.807) is 0 Å². The van der Waals surface area contributed by atoms with E-state index in [0.717, 1.165) is 33.2 Å². The first-order valence-corrected chi connectivity index (χ1v) is 14.6. The summed E-state index contributed by atoms with van der Waals surface area (Å²) < 4.78 is 2.24. The summed E-state index contributed by atoms with van der Waals surface area (Å²) in [5.74, 6) is 0.672. The van der Waals surface area contributed by atoms with E-state index in [2.05, 4.69) is 144 Å². The van der Waals surface area contributed by atoms with Gasteiger partial charge in [-0.15, -0.1) is 0 Å². The van der Waals surface area contributed by atoms with Crippen LogP contribution in [0.5, 0.6) is 0 Å². The van der Waals surface area contributed by atoms with Crippen LogP contribution in [0.15, 0.2) is 152 Å². The smallest absolute Gasteiger partial charge is 0.235 e. The molecule has 0 bridgehead atoms. The molecule has 9 rings (SSSR count). The second kappa shape index (κ2) is 9.37. The molecule has 9 aromatic rings. The number of hydrogen-bond donors (Lipinski definition) is 0. The minimum atomic E-state index is 0.672. The van der Waals surface area contributed by atoms with Crippen LogP contribution in [-0.4, -0.2) is 14.5 Å². The molecule has 0 saturated carbocycles. The molecule has 0 N–H and O–H groups in total. The number of fused-ring (bicyclic) bond motifs is 7. The molecule has 0 aliphatic carbocycles. The molecule has 0 aliphatic heterocycles. The minimum absolute atomic E-state index is 0.672.